The molecule has 0 aliphatic carbocycles. The third-order valence-electron chi connectivity index (χ3n) is 4.99. The molecule has 24 heavy (non-hydrogen) atoms. The van der Waals surface area contributed by atoms with Crippen molar-refractivity contribution in [3.63, 3.8) is 0 Å². The average molecular weight is 342 g/mol. The maximum Gasteiger partial charge on any atom is 0.104 e. The molecule has 0 radical (unpaired) electrons. The highest BCUT2D eigenvalue weighted by atomic mass is 16.3. The lowest BCUT2D eigenvalue weighted by Crippen LogP contribution is -2.29. The normalized spacial score (nSPS) is 12.6. The van der Waals surface area contributed by atoms with E-state index in [1.165, 1.54) is 109 Å². The Kier molecular flexibility index (Phi) is 20.9. The van der Waals surface area contributed by atoms with Crippen LogP contribution in [-0.4, -0.2) is 17.9 Å². The molecular formula is C22H47NO. The first-order valence-electron chi connectivity index (χ1n) is 11.2. The van der Waals surface area contributed by atoms with Crippen LogP contribution in [0.3, 0.4) is 0 Å². The van der Waals surface area contributed by atoms with E-state index in [2.05, 4.69) is 19.2 Å². The zero-order valence-electron chi connectivity index (χ0n) is 17.0. The second-order valence-corrected chi connectivity index (χ2v) is 7.56. The Labute approximate surface area is 153 Å². The largest absolute Gasteiger partial charge is 0.379 e. The minimum Gasteiger partial charge on any atom is -0.379 e. The molecule has 0 heterocycles. The van der Waals surface area contributed by atoms with Gasteiger partial charge in [-0.15, -0.1) is 0 Å². The van der Waals surface area contributed by atoms with E-state index in [-0.39, 0.29) is 6.23 Å². The van der Waals surface area contributed by atoms with Crippen LogP contribution in [0.2, 0.25) is 0 Å². The van der Waals surface area contributed by atoms with Gasteiger partial charge in [0.05, 0.1) is 0 Å². The van der Waals surface area contributed by atoms with Crippen molar-refractivity contribution in [2.24, 2.45) is 0 Å². The van der Waals surface area contributed by atoms with Gasteiger partial charge in [-0.3, -0.25) is 5.32 Å². The number of aliphatic hydroxyl groups is 1. The second kappa shape index (κ2) is 21.0. The summed E-state index contributed by atoms with van der Waals surface area (Å²) in [7, 11) is 0. The van der Waals surface area contributed by atoms with Gasteiger partial charge in [-0.1, -0.05) is 110 Å². The molecule has 0 saturated heterocycles. The van der Waals surface area contributed by atoms with Crippen LogP contribution in [0.25, 0.3) is 0 Å². The lowest BCUT2D eigenvalue weighted by atomic mass is 10.1. The summed E-state index contributed by atoms with van der Waals surface area (Å²) >= 11 is 0. The molecular weight excluding hydrogens is 294 g/mol. The van der Waals surface area contributed by atoms with E-state index < -0.39 is 0 Å². The molecule has 0 aliphatic rings. The van der Waals surface area contributed by atoms with Crippen LogP contribution in [-0.2, 0) is 0 Å². The molecule has 2 N–H and O–H groups in total. The molecule has 0 aromatic rings. The zero-order chi connectivity index (χ0) is 17.7. The van der Waals surface area contributed by atoms with Gasteiger partial charge in [-0.25, -0.2) is 0 Å². The SMILES string of the molecule is CCCCCCCCCCCC(O)NCCCCCCCCCC. The average Bonchev–Trinajstić information content (AvgIpc) is 2.59. The predicted molar refractivity (Wildman–Crippen MR) is 108 cm³/mol. The summed E-state index contributed by atoms with van der Waals surface area (Å²) in [6, 6.07) is 0. The van der Waals surface area contributed by atoms with Crippen molar-refractivity contribution in [1.29, 1.82) is 0 Å². The van der Waals surface area contributed by atoms with Gasteiger partial charge in [0.25, 0.3) is 0 Å². The fraction of sp³-hybridized carbons (Fsp3) is 1.00. The molecule has 0 rings (SSSR count). The van der Waals surface area contributed by atoms with Gasteiger partial charge in [0.15, 0.2) is 0 Å². The Morgan fingerprint density at radius 2 is 0.917 bits per heavy atom. The molecule has 146 valence electrons. The number of nitrogens with one attached hydrogen (secondary N) is 1. The molecule has 2 heteroatoms. The van der Waals surface area contributed by atoms with Gasteiger partial charge >= 0.3 is 0 Å². The monoisotopic (exact) mass is 341 g/mol. The Balaban J connectivity index is 3.12. The van der Waals surface area contributed by atoms with Crippen molar-refractivity contribution in [1.82, 2.24) is 5.32 Å². The molecule has 0 amide bonds. The Bertz CT molecular complexity index is 198. The number of aliphatic hydroxyl groups excluding tert-OH is 1. The van der Waals surface area contributed by atoms with Crippen LogP contribution in [0, 0.1) is 0 Å². The zero-order valence-corrected chi connectivity index (χ0v) is 17.0. The molecule has 0 aromatic carbocycles. The van der Waals surface area contributed by atoms with Crippen LogP contribution in [0.15, 0.2) is 0 Å². The van der Waals surface area contributed by atoms with Crippen LogP contribution in [0.4, 0.5) is 0 Å². The van der Waals surface area contributed by atoms with E-state index in [1.54, 1.807) is 0 Å². The maximum absolute atomic E-state index is 9.94. The Hall–Kier alpha value is -0.0800. The number of unbranched alkanes of at least 4 members (excludes halogenated alkanes) is 15. The van der Waals surface area contributed by atoms with Crippen molar-refractivity contribution < 1.29 is 5.11 Å². The summed E-state index contributed by atoms with van der Waals surface area (Å²) in [4.78, 5) is 0. The molecule has 0 bridgehead atoms. The number of hydrogen-bond donors (Lipinski definition) is 2. The first kappa shape index (κ1) is 23.9. The standard InChI is InChI=1S/C22H47NO/c1-3-5-7-9-11-13-14-16-18-20-22(24)23-21-19-17-15-12-10-8-6-4-2/h22-24H,3-21H2,1-2H3. The van der Waals surface area contributed by atoms with Gasteiger partial charge in [-0.2, -0.15) is 0 Å². The van der Waals surface area contributed by atoms with E-state index in [0.29, 0.717) is 0 Å². The quantitative estimate of drug-likeness (QED) is 0.185. The van der Waals surface area contributed by atoms with Gasteiger partial charge in [-0.05, 0) is 25.8 Å². The van der Waals surface area contributed by atoms with E-state index in [4.69, 9.17) is 0 Å². The van der Waals surface area contributed by atoms with Gasteiger partial charge in [0, 0.05) is 0 Å². The van der Waals surface area contributed by atoms with E-state index >= 15 is 0 Å². The van der Waals surface area contributed by atoms with E-state index in [0.717, 1.165) is 13.0 Å². The third-order valence-corrected chi connectivity index (χ3v) is 4.99. The fourth-order valence-electron chi connectivity index (χ4n) is 3.28. The molecule has 0 aromatic heterocycles. The summed E-state index contributed by atoms with van der Waals surface area (Å²) in [5.74, 6) is 0. The molecule has 2 nitrogen and oxygen atoms in total. The van der Waals surface area contributed by atoms with Gasteiger partial charge < -0.3 is 5.11 Å². The Morgan fingerprint density at radius 1 is 0.542 bits per heavy atom. The van der Waals surface area contributed by atoms with Crippen LogP contribution in [0.1, 0.15) is 129 Å². The number of hydrogen-bond acceptors (Lipinski definition) is 2. The van der Waals surface area contributed by atoms with Crippen molar-refractivity contribution in [2.75, 3.05) is 6.54 Å². The van der Waals surface area contributed by atoms with Gasteiger partial charge in [0.2, 0.25) is 0 Å². The van der Waals surface area contributed by atoms with Crippen molar-refractivity contribution >= 4 is 0 Å². The Morgan fingerprint density at radius 3 is 1.38 bits per heavy atom. The van der Waals surface area contributed by atoms with Crippen molar-refractivity contribution in [2.45, 2.75) is 136 Å². The summed E-state index contributed by atoms with van der Waals surface area (Å²) in [6.07, 6.45) is 23.6. The highest BCUT2D eigenvalue weighted by molar-refractivity contribution is 4.56. The smallest absolute Gasteiger partial charge is 0.104 e. The van der Waals surface area contributed by atoms with Crippen molar-refractivity contribution in [3.05, 3.63) is 0 Å². The highest BCUT2D eigenvalue weighted by Crippen LogP contribution is 2.11. The first-order valence-corrected chi connectivity index (χ1v) is 11.2. The van der Waals surface area contributed by atoms with Crippen molar-refractivity contribution in [3.8, 4) is 0 Å². The lowest BCUT2D eigenvalue weighted by molar-refractivity contribution is 0.124. The minimum atomic E-state index is -0.279. The third kappa shape index (κ3) is 20.0. The van der Waals surface area contributed by atoms with E-state index in [9.17, 15) is 5.11 Å². The molecule has 1 unspecified atom stereocenters. The topological polar surface area (TPSA) is 32.3 Å². The van der Waals surface area contributed by atoms with Crippen LogP contribution >= 0.6 is 0 Å². The summed E-state index contributed by atoms with van der Waals surface area (Å²) in [5.41, 5.74) is 0. The predicted octanol–water partition coefficient (Wildman–Crippen LogP) is 6.96. The fourth-order valence-corrected chi connectivity index (χ4v) is 3.28. The van der Waals surface area contributed by atoms with E-state index in [1.807, 2.05) is 0 Å². The summed E-state index contributed by atoms with van der Waals surface area (Å²) in [5, 5.41) is 13.2. The molecule has 0 spiro atoms. The molecule has 0 aliphatic heterocycles. The molecule has 0 fully saturated rings. The second-order valence-electron chi connectivity index (χ2n) is 7.56. The lowest BCUT2D eigenvalue weighted by Gasteiger charge is -2.12. The summed E-state index contributed by atoms with van der Waals surface area (Å²) in [6.45, 7) is 5.52. The summed E-state index contributed by atoms with van der Waals surface area (Å²) < 4.78 is 0. The maximum atomic E-state index is 9.94. The highest BCUT2D eigenvalue weighted by Gasteiger charge is 2.02. The van der Waals surface area contributed by atoms with Gasteiger partial charge in [0.1, 0.15) is 6.23 Å². The minimum absolute atomic E-state index is 0.279. The number of rotatable bonds is 20. The van der Waals surface area contributed by atoms with Crippen LogP contribution in [0.5, 0.6) is 0 Å². The molecule has 1 atom stereocenters. The first-order chi connectivity index (χ1) is 11.8. The van der Waals surface area contributed by atoms with Crippen LogP contribution < -0.4 is 5.32 Å². The molecule has 0 saturated carbocycles.